The number of ether oxygens (including phenoxy) is 1. The molecule has 0 unspecified atom stereocenters. The normalized spacial score (nSPS) is 21.3. The molecule has 4 heteroatoms. The third-order valence-corrected chi connectivity index (χ3v) is 3.69. The molecule has 0 saturated carbocycles. The zero-order chi connectivity index (χ0) is 13.1. The Hall–Kier alpha value is -0.800. The van der Waals surface area contributed by atoms with Crippen molar-refractivity contribution in [2.45, 2.75) is 26.4 Å². The molecule has 1 N–H and O–H groups in total. The first-order valence-electron chi connectivity index (χ1n) is 6.40. The van der Waals surface area contributed by atoms with Gasteiger partial charge in [0.15, 0.2) is 0 Å². The van der Waals surface area contributed by atoms with Crippen LogP contribution in [-0.2, 0) is 0 Å². The zero-order valence-corrected chi connectivity index (χ0v) is 11.5. The molecule has 2 nitrogen and oxygen atoms in total. The van der Waals surface area contributed by atoms with E-state index in [1.165, 1.54) is 12.1 Å². The summed E-state index contributed by atoms with van der Waals surface area (Å²) in [5, 5.41) is 3.47. The van der Waals surface area contributed by atoms with Gasteiger partial charge in [-0.25, -0.2) is 4.39 Å². The van der Waals surface area contributed by atoms with Gasteiger partial charge in [-0.1, -0.05) is 25.4 Å². The third-order valence-electron chi connectivity index (χ3n) is 3.38. The molecular formula is C14H19ClFNO. The lowest BCUT2D eigenvalue weighted by molar-refractivity contribution is 0.0970. The van der Waals surface area contributed by atoms with Crippen LogP contribution in [-0.4, -0.2) is 19.2 Å². The Kier molecular flexibility index (Phi) is 4.46. The molecule has 0 radical (unpaired) electrons. The maximum atomic E-state index is 13.4. The Bertz CT molecular complexity index is 405. The Balaban J connectivity index is 2.10. The van der Waals surface area contributed by atoms with E-state index in [0.717, 1.165) is 19.5 Å². The van der Waals surface area contributed by atoms with Gasteiger partial charge >= 0.3 is 0 Å². The van der Waals surface area contributed by atoms with Gasteiger partial charge < -0.3 is 10.1 Å². The van der Waals surface area contributed by atoms with E-state index in [2.05, 4.69) is 19.2 Å². The van der Waals surface area contributed by atoms with Crippen LogP contribution in [0.1, 0.15) is 20.3 Å². The smallest absolute Gasteiger partial charge is 0.145 e. The highest BCUT2D eigenvalue weighted by Crippen LogP contribution is 2.27. The van der Waals surface area contributed by atoms with Gasteiger partial charge in [-0.15, -0.1) is 0 Å². The van der Waals surface area contributed by atoms with Gasteiger partial charge in [0.05, 0.1) is 5.02 Å². The van der Waals surface area contributed by atoms with Crippen molar-refractivity contribution in [2.75, 3.05) is 13.1 Å². The van der Waals surface area contributed by atoms with Crippen LogP contribution in [0.15, 0.2) is 18.2 Å². The lowest BCUT2D eigenvalue weighted by Gasteiger charge is -2.27. The van der Waals surface area contributed by atoms with Crippen molar-refractivity contribution in [1.29, 1.82) is 0 Å². The maximum absolute atomic E-state index is 13.4. The van der Waals surface area contributed by atoms with Crippen molar-refractivity contribution in [2.24, 2.45) is 11.8 Å². The monoisotopic (exact) mass is 271 g/mol. The molecule has 1 aromatic rings. The predicted molar refractivity (Wildman–Crippen MR) is 71.6 cm³/mol. The highest BCUT2D eigenvalue weighted by molar-refractivity contribution is 6.30. The Labute approximate surface area is 112 Å². The third kappa shape index (κ3) is 3.15. The molecule has 0 bridgehead atoms. The van der Waals surface area contributed by atoms with Crippen molar-refractivity contribution in [3.63, 3.8) is 0 Å². The van der Waals surface area contributed by atoms with E-state index >= 15 is 0 Å². The van der Waals surface area contributed by atoms with Crippen LogP contribution in [0, 0.1) is 17.7 Å². The summed E-state index contributed by atoms with van der Waals surface area (Å²) in [6.07, 6.45) is 1.22. The van der Waals surface area contributed by atoms with Crippen LogP contribution in [0.2, 0.25) is 5.02 Å². The molecule has 100 valence electrons. The lowest BCUT2D eigenvalue weighted by Crippen LogP contribution is -2.33. The molecule has 0 amide bonds. The number of hydrogen-bond acceptors (Lipinski definition) is 2. The fourth-order valence-electron chi connectivity index (χ4n) is 2.44. The van der Waals surface area contributed by atoms with Crippen molar-refractivity contribution < 1.29 is 9.13 Å². The van der Waals surface area contributed by atoms with Crippen LogP contribution in [0.25, 0.3) is 0 Å². The average Bonchev–Trinajstić information content (AvgIpc) is 2.83. The van der Waals surface area contributed by atoms with Crippen LogP contribution in [0.5, 0.6) is 5.75 Å². The summed E-state index contributed by atoms with van der Waals surface area (Å²) < 4.78 is 19.3. The summed E-state index contributed by atoms with van der Waals surface area (Å²) in [6.45, 7) is 6.27. The quantitative estimate of drug-likeness (QED) is 0.905. The second-order valence-electron chi connectivity index (χ2n) is 5.16. The standard InChI is InChI=1S/C14H19ClFNO/c1-9(2)14(10-5-6-17-8-10)18-11-3-4-12(15)13(16)7-11/h3-4,7,9-10,14,17H,5-6,8H2,1-2H3/t10-,14-/m1/s1. The molecule has 1 saturated heterocycles. The topological polar surface area (TPSA) is 21.3 Å². The van der Waals surface area contributed by atoms with Crippen LogP contribution in [0.4, 0.5) is 4.39 Å². The molecule has 1 aromatic carbocycles. The predicted octanol–water partition coefficient (Wildman–Crippen LogP) is 3.49. The van der Waals surface area contributed by atoms with Crippen molar-refractivity contribution in [1.82, 2.24) is 5.32 Å². The van der Waals surface area contributed by atoms with Crippen LogP contribution >= 0.6 is 11.6 Å². The molecular weight excluding hydrogens is 253 g/mol. The molecule has 0 spiro atoms. The first-order valence-corrected chi connectivity index (χ1v) is 6.78. The highest BCUT2D eigenvalue weighted by atomic mass is 35.5. The Morgan fingerprint density at radius 2 is 2.22 bits per heavy atom. The number of nitrogens with one attached hydrogen (secondary N) is 1. The molecule has 2 atom stereocenters. The van der Waals surface area contributed by atoms with Gasteiger partial charge in [0.2, 0.25) is 0 Å². The maximum Gasteiger partial charge on any atom is 0.145 e. The molecule has 18 heavy (non-hydrogen) atoms. The summed E-state index contributed by atoms with van der Waals surface area (Å²) in [5.41, 5.74) is 0. The fraction of sp³-hybridized carbons (Fsp3) is 0.571. The molecule has 2 rings (SSSR count). The van der Waals surface area contributed by atoms with E-state index in [1.54, 1.807) is 6.07 Å². The minimum Gasteiger partial charge on any atom is -0.490 e. The van der Waals surface area contributed by atoms with Crippen molar-refractivity contribution >= 4 is 11.6 Å². The summed E-state index contributed by atoms with van der Waals surface area (Å²) >= 11 is 5.67. The van der Waals surface area contributed by atoms with Gasteiger partial charge in [-0.3, -0.25) is 0 Å². The van der Waals surface area contributed by atoms with E-state index in [0.29, 0.717) is 17.6 Å². The first-order chi connectivity index (χ1) is 8.58. The molecule has 1 fully saturated rings. The van der Waals surface area contributed by atoms with E-state index in [-0.39, 0.29) is 11.1 Å². The Morgan fingerprint density at radius 3 is 2.78 bits per heavy atom. The molecule has 0 aliphatic carbocycles. The van der Waals surface area contributed by atoms with Crippen LogP contribution < -0.4 is 10.1 Å². The first kappa shape index (κ1) is 13.6. The summed E-state index contributed by atoms with van der Waals surface area (Å²) in [6, 6.07) is 4.62. The second-order valence-corrected chi connectivity index (χ2v) is 5.56. The molecule has 1 aliphatic heterocycles. The Morgan fingerprint density at radius 1 is 1.44 bits per heavy atom. The van der Waals surface area contributed by atoms with Gasteiger partial charge in [0.25, 0.3) is 0 Å². The van der Waals surface area contributed by atoms with Gasteiger partial charge in [-0.05, 0) is 31.0 Å². The number of rotatable bonds is 4. The SMILES string of the molecule is CC(C)[C@@H](Oc1ccc(Cl)c(F)c1)[C@@H]1CCNC1. The van der Waals surface area contributed by atoms with E-state index in [9.17, 15) is 4.39 Å². The van der Waals surface area contributed by atoms with Crippen molar-refractivity contribution in [3.05, 3.63) is 29.0 Å². The van der Waals surface area contributed by atoms with E-state index < -0.39 is 5.82 Å². The largest absolute Gasteiger partial charge is 0.490 e. The molecule has 1 aliphatic rings. The number of benzene rings is 1. The lowest BCUT2D eigenvalue weighted by atomic mass is 9.92. The van der Waals surface area contributed by atoms with Crippen LogP contribution in [0.3, 0.4) is 0 Å². The van der Waals surface area contributed by atoms with Crippen molar-refractivity contribution in [3.8, 4) is 5.75 Å². The zero-order valence-electron chi connectivity index (χ0n) is 10.7. The summed E-state index contributed by atoms with van der Waals surface area (Å²) in [4.78, 5) is 0. The average molecular weight is 272 g/mol. The fourth-order valence-corrected chi connectivity index (χ4v) is 2.56. The number of hydrogen-bond donors (Lipinski definition) is 1. The number of halogens is 2. The summed E-state index contributed by atoms with van der Waals surface area (Å²) in [7, 11) is 0. The van der Waals surface area contributed by atoms with Gasteiger partial charge in [0, 0.05) is 18.5 Å². The van der Waals surface area contributed by atoms with Gasteiger partial charge in [-0.2, -0.15) is 0 Å². The highest BCUT2D eigenvalue weighted by Gasteiger charge is 2.29. The van der Waals surface area contributed by atoms with Gasteiger partial charge in [0.1, 0.15) is 17.7 Å². The summed E-state index contributed by atoms with van der Waals surface area (Å²) in [5.74, 6) is 1.01. The minimum absolute atomic E-state index is 0.112. The minimum atomic E-state index is -0.429. The van der Waals surface area contributed by atoms with E-state index in [4.69, 9.17) is 16.3 Å². The molecule has 0 aromatic heterocycles. The second kappa shape index (κ2) is 5.89. The molecule has 1 heterocycles. The van der Waals surface area contributed by atoms with E-state index in [1.807, 2.05) is 0 Å².